The number of hydrogen-bond donors (Lipinski definition) is 0. The minimum absolute atomic E-state index is 0.226. The van der Waals surface area contributed by atoms with E-state index in [1.54, 1.807) is 13.8 Å². The first-order valence-electron chi connectivity index (χ1n) is 10.4. The number of carbonyl (C=O) groups excluding carboxylic acids is 1. The summed E-state index contributed by atoms with van der Waals surface area (Å²) in [5.41, 5.74) is 0.226. The summed E-state index contributed by atoms with van der Waals surface area (Å²) in [6.45, 7) is 7.48. The minimum Gasteiger partial charge on any atom is -0.493 e. The quantitative estimate of drug-likeness (QED) is 0.595. The van der Waals surface area contributed by atoms with E-state index in [-0.39, 0.29) is 5.56 Å². The van der Waals surface area contributed by atoms with Gasteiger partial charge in [-0.15, -0.1) is 0 Å². The molecule has 0 amide bonds. The third kappa shape index (κ3) is 4.25. The predicted octanol–water partition coefficient (Wildman–Crippen LogP) is 2.27. The summed E-state index contributed by atoms with van der Waals surface area (Å²) < 4.78 is 51.5. The van der Waals surface area contributed by atoms with Crippen LogP contribution in [0.5, 0.6) is 17.2 Å². The highest BCUT2D eigenvalue weighted by molar-refractivity contribution is 5.91. The van der Waals surface area contributed by atoms with Gasteiger partial charge in [-0.25, -0.2) is 4.79 Å². The Bertz CT molecular complexity index is 841. The first-order valence-corrected chi connectivity index (χ1v) is 10.4. The molecule has 0 aliphatic carbocycles. The maximum atomic E-state index is 13.2. The van der Waals surface area contributed by atoms with Crippen LogP contribution in [0.4, 0.5) is 0 Å². The second-order valence-corrected chi connectivity index (χ2v) is 8.72. The Morgan fingerprint density at radius 2 is 1.56 bits per heavy atom. The maximum absolute atomic E-state index is 13.2. The van der Waals surface area contributed by atoms with E-state index in [1.807, 2.05) is 13.8 Å². The number of hydrogen-bond acceptors (Lipinski definition) is 10. The fourth-order valence-electron chi connectivity index (χ4n) is 4.21. The highest BCUT2D eigenvalue weighted by Gasteiger charge is 2.60. The van der Waals surface area contributed by atoms with Crippen LogP contribution in [-0.4, -0.2) is 76.2 Å². The van der Waals surface area contributed by atoms with Crippen molar-refractivity contribution in [1.82, 2.24) is 0 Å². The van der Waals surface area contributed by atoms with E-state index in [1.165, 1.54) is 33.5 Å². The molecule has 3 aliphatic heterocycles. The molecule has 32 heavy (non-hydrogen) atoms. The van der Waals surface area contributed by atoms with E-state index in [9.17, 15) is 4.79 Å². The van der Waals surface area contributed by atoms with E-state index < -0.39 is 48.2 Å². The van der Waals surface area contributed by atoms with Gasteiger partial charge in [-0.1, -0.05) is 0 Å². The SMILES string of the molecule is COc1cc(C(=O)O[C@@H]2[C@H]3OC(C)(C)O[C@H]3O[C@@H]2[C@H]2COC(C)(C)O2)cc(OC)c1OC. The van der Waals surface area contributed by atoms with Gasteiger partial charge in [-0.2, -0.15) is 0 Å². The van der Waals surface area contributed by atoms with Crippen LogP contribution in [0.15, 0.2) is 12.1 Å². The molecule has 1 aromatic carbocycles. The van der Waals surface area contributed by atoms with Crippen molar-refractivity contribution in [3.8, 4) is 17.2 Å². The fourth-order valence-corrected chi connectivity index (χ4v) is 4.21. The Kier molecular flexibility index (Phi) is 6.01. The summed E-state index contributed by atoms with van der Waals surface area (Å²) in [6.07, 6.45) is -3.18. The first-order chi connectivity index (χ1) is 15.1. The van der Waals surface area contributed by atoms with Crippen LogP contribution in [0.1, 0.15) is 38.1 Å². The Labute approximate surface area is 186 Å². The topological polar surface area (TPSA) is 100 Å². The lowest BCUT2D eigenvalue weighted by atomic mass is 10.1. The van der Waals surface area contributed by atoms with Gasteiger partial charge in [0, 0.05) is 0 Å². The minimum atomic E-state index is -0.871. The van der Waals surface area contributed by atoms with Crippen molar-refractivity contribution in [2.45, 2.75) is 70.0 Å². The van der Waals surface area contributed by atoms with Crippen molar-refractivity contribution in [1.29, 1.82) is 0 Å². The molecule has 10 heteroatoms. The Morgan fingerprint density at radius 3 is 2.09 bits per heavy atom. The van der Waals surface area contributed by atoms with Crippen LogP contribution < -0.4 is 14.2 Å². The molecule has 1 aromatic rings. The van der Waals surface area contributed by atoms with Gasteiger partial charge in [0.05, 0.1) is 33.5 Å². The van der Waals surface area contributed by atoms with E-state index in [4.69, 9.17) is 42.6 Å². The molecule has 3 fully saturated rings. The van der Waals surface area contributed by atoms with Gasteiger partial charge >= 0.3 is 5.97 Å². The molecule has 0 radical (unpaired) electrons. The molecular weight excluding hydrogens is 424 g/mol. The van der Waals surface area contributed by atoms with Crippen molar-refractivity contribution < 1.29 is 47.4 Å². The highest BCUT2D eigenvalue weighted by atomic mass is 16.8. The van der Waals surface area contributed by atoms with Crippen LogP contribution in [0.25, 0.3) is 0 Å². The van der Waals surface area contributed by atoms with E-state index in [0.717, 1.165) is 0 Å². The molecule has 0 spiro atoms. The molecular formula is C22H30O10. The summed E-state index contributed by atoms with van der Waals surface area (Å²) in [5, 5.41) is 0. The molecule has 5 atom stereocenters. The molecule has 10 nitrogen and oxygen atoms in total. The van der Waals surface area contributed by atoms with Crippen molar-refractivity contribution in [2.75, 3.05) is 27.9 Å². The average Bonchev–Trinajstić information content (AvgIpc) is 3.36. The zero-order chi connectivity index (χ0) is 23.3. The monoisotopic (exact) mass is 454 g/mol. The van der Waals surface area contributed by atoms with Crippen LogP contribution in [0.3, 0.4) is 0 Å². The Hall–Kier alpha value is -2.11. The highest BCUT2D eigenvalue weighted by Crippen LogP contribution is 2.43. The largest absolute Gasteiger partial charge is 0.493 e. The molecule has 0 saturated carbocycles. The van der Waals surface area contributed by atoms with E-state index in [0.29, 0.717) is 23.9 Å². The second kappa shape index (κ2) is 8.35. The number of carbonyl (C=O) groups is 1. The van der Waals surface area contributed by atoms with Gasteiger partial charge < -0.3 is 42.6 Å². The van der Waals surface area contributed by atoms with Crippen molar-refractivity contribution >= 4 is 5.97 Å². The molecule has 3 heterocycles. The molecule has 178 valence electrons. The molecule has 0 N–H and O–H groups in total. The summed E-state index contributed by atoms with van der Waals surface area (Å²) in [6, 6.07) is 3.06. The molecule has 0 bridgehead atoms. The lowest BCUT2D eigenvalue weighted by molar-refractivity contribution is -0.232. The van der Waals surface area contributed by atoms with Crippen molar-refractivity contribution in [3.63, 3.8) is 0 Å². The smallest absolute Gasteiger partial charge is 0.338 e. The number of esters is 1. The molecule has 3 saturated heterocycles. The Balaban J connectivity index is 1.60. The van der Waals surface area contributed by atoms with Gasteiger partial charge in [0.2, 0.25) is 5.75 Å². The number of benzene rings is 1. The summed E-state index contributed by atoms with van der Waals surface area (Å²) in [4.78, 5) is 13.2. The summed E-state index contributed by atoms with van der Waals surface area (Å²) in [7, 11) is 4.44. The van der Waals surface area contributed by atoms with Crippen LogP contribution in [-0.2, 0) is 28.4 Å². The molecule has 3 aliphatic rings. The van der Waals surface area contributed by atoms with Crippen LogP contribution in [0, 0.1) is 0 Å². The van der Waals surface area contributed by atoms with Crippen LogP contribution >= 0.6 is 0 Å². The zero-order valence-corrected chi connectivity index (χ0v) is 19.3. The molecule has 4 rings (SSSR count). The number of fused-ring (bicyclic) bond motifs is 1. The van der Waals surface area contributed by atoms with Crippen molar-refractivity contribution in [3.05, 3.63) is 17.7 Å². The van der Waals surface area contributed by atoms with Gasteiger partial charge in [0.25, 0.3) is 0 Å². The summed E-state index contributed by atoms with van der Waals surface area (Å²) in [5.74, 6) is -1.18. The number of methoxy groups -OCH3 is 3. The predicted molar refractivity (Wildman–Crippen MR) is 109 cm³/mol. The van der Waals surface area contributed by atoms with Gasteiger partial charge in [0.15, 0.2) is 41.6 Å². The number of ether oxygens (including phenoxy) is 9. The fraction of sp³-hybridized carbons (Fsp3) is 0.682. The first kappa shape index (κ1) is 23.1. The third-order valence-electron chi connectivity index (χ3n) is 5.57. The maximum Gasteiger partial charge on any atom is 0.338 e. The molecule has 0 unspecified atom stereocenters. The standard InChI is InChI=1S/C22H30O10/c1-21(2)27-10-14(30-21)16-17(18-20(29-16)32-22(3,4)31-18)28-19(23)11-8-12(24-5)15(26-7)13(9-11)25-6/h8-9,14,16-18,20H,10H2,1-7H3/t14-,16-,17+,18-,20-/m1/s1. The van der Waals surface area contributed by atoms with Crippen LogP contribution in [0.2, 0.25) is 0 Å². The van der Waals surface area contributed by atoms with Gasteiger partial charge in [-0.3, -0.25) is 0 Å². The van der Waals surface area contributed by atoms with E-state index in [2.05, 4.69) is 0 Å². The van der Waals surface area contributed by atoms with E-state index >= 15 is 0 Å². The average molecular weight is 454 g/mol. The van der Waals surface area contributed by atoms with Crippen molar-refractivity contribution in [2.24, 2.45) is 0 Å². The Morgan fingerprint density at radius 1 is 0.906 bits per heavy atom. The third-order valence-corrected chi connectivity index (χ3v) is 5.57. The van der Waals surface area contributed by atoms with Gasteiger partial charge in [-0.05, 0) is 39.8 Å². The zero-order valence-electron chi connectivity index (χ0n) is 19.3. The lowest BCUT2D eigenvalue weighted by Crippen LogP contribution is -2.45. The van der Waals surface area contributed by atoms with Gasteiger partial charge in [0.1, 0.15) is 12.2 Å². The number of rotatable bonds is 6. The summed E-state index contributed by atoms with van der Waals surface area (Å²) >= 11 is 0. The normalized spacial score (nSPS) is 32.4. The second-order valence-electron chi connectivity index (χ2n) is 8.72. The molecule has 0 aromatic heterocycles. The lowest BCUT2D eigenvalue weighted by Gasteiger charge is -2.28.